The monoisotopic (exact) mass is 417 g/mol. The average Bonchev–Trinajstić information content (AvgIpc) is 2.63. The Morgan fingerprint density at radius 1 is 0.852 bits per heavy atom. The summed E-state index contributed by atoms with van der Waals surface area (Å²) < 4.78 is 5.79. The minimum absolute atomic E-state index is 0.311. The summed E-state index contributed by atoms with van der Waals surface area (Å²) >= 11 is 18.4. The van der Waals surface area contributed by atoms with Crippen molar-refractivity contribution >= 4 is 46.7 Å². The summed E-state index contributed by atoms with van der Waals surface area (Å²) in [5, 5.41) is 1.68. The van der Waals surface area contributed by atoms with Gasteiger partial charge >= 0.3 is 0 Å². The molecule has 5 heteroatoms. The quantitative estimate of drug-likeness (QED) is 0.391. The Kier molecular flexibility index (Phi) is 6.43. The molecule has 0 saturated heterocycles. The molecule has 0 unspecified atom stereocenters. The van der Waals surface area contributed by atoms with E-state index in [0.717, 1.165) is 16.8 Å². The van der Waals surface area contributed by atoms with Crippen molar-refractivity contribution in [1.29, 1.82) is 0 Å². The largest absolute Gasteiger partial charge is 0.487 e. The van der Waals surface area contributed by atoms with Gasteiger partial charge in [-0.15, -0.1) is 0 Å². The fourth-order valence-corrected chi connectivity index (χ4v) is 3.17. The molecule has 0 spiro atoms. The Bertz CT molecular complexity index is 999. The molecule has 0 radical (unpaired) electrons. The first kappa shape index (κ1) is 19.8. The lowest BCUT2D eigenvalue weighted by Crippen LogP contribution is -1.97. The molecule has 3 aromatic carbocycles. The highest BCUT2D eigenvalue weighted by Crippen LogP contribution is 2.28. The number of hydrogen-bond acceptors (Lipinski definition) is 2. The molecule has 0 atom stereocenters. The summed E-state index contributed by atoms with van der Waals surface area (Å²) in [7, 11) is 0. The lowest BCUT2D eigenvalue weighted by molar-refractivity contribution is 0.306. The number of nitrogens with zero attached hydrogens (tertiary/aromatic N) is 1. The van der Waals surface area contributed by atoms with Gasteiger partial charge in [0.1, 0.15) is 12.4 Å². The molecule has 138 valence electrons. The SMILES string of the molecule is Cc1ccc(N=Cc2ccc(OCc3ccc(Cl)cc3Cl)c(Cl)c2)cc1C. The molecule has 0 aromatic heterocycles. The second kappa shape index (κ2) is 8.79. The Morgan fingerprint density at radius 3 is 2.37 bits per heavy atom. The summed E-state index contributed by atoms with van der Waals surface area (Å²) in [4.78, 5) is 4.51. The first-order chi connectivity index (χ1) is 12.9. The van der Waals surface area contributed by atoms with E-state index in [2.05, 4.69) is 31.0 Å². The smallest absolute Gasteiger partial charge is 0.138 e. The summed E-state index contributed by atoms with van der Waals surface area (Å²) in [6.45, 7) is 4.47. The van der Waals surface area contributed by atoms with Crippen LogP contribution >= 0.6 is 34.8 Å². The molecular formula is C22H18Cl3NO. The highest BCUT2D eigenvalue weighted by Gasteiger charge is 2.06. The Morgan fingerprint density at radius 2 is 1.67 bits per heavy atom. The predicted molar refractivity (Wildman–Crippen MR) is 115 cm³/mol. The number of aliphatic imine (C=N–C) groups is 1. The van der Waals surface area contributed by atoms with Gasteiger partial charge < -0.3 is 4.74 Å². The van der Waals surface area contributed by atoms with E-state index in [-0.39, 0.29) is 0 Å². The third-order valence-electron chi connectivity index (χ3n) is 4.21. The van der Waals surface area contributed by atoms with E-state index in [1.165, 1.54) is 11.1 Å². The Balaban J connectivity index is 1.69. The molecular weight excluding hydrogens is 401 g/mol. The minimum Gasteiger partial charge on any atom is -0.487 e. The number of halogens is 3. The molecule has 27 heavy (non-hydrogen) atoms. The molecule has 0 aliphatic rings. The summed E-state index contributed by atoms with van der Waals surface area (Å²) in [5.74, 6) is 0.589. The maximum atomic E-state index is 6.35. The van der Waals surface area contributed by atoms with Crippen LogP contribution in [-0.4, -0.2) is 6.21 Å². The van der Waals surface area contributed by atoms with E-state index in [4.69, 9.17) is 39.5 Å². The molecule has 0 aliphatic heterocycles. The van der Waals surface area contributed by atoms with Gasteiger partial charge in [-0.1, -0.05) is 46.9 Å². The zero-order valence-corrected chi connectivity index (χ0v) is 17.2. The molecule has 0 fully saturated rings. The van der Waals surface area contributed by atoms with Crippen molar-refractivity contribution in [3.8, 4) is 5.75 Å². The van der Waals surface area contributed by atoms with Crippen molar-refractivity contribution in [1.82, 2.24) is 0 Å². The molecule has 0 N–H and O–H groups in total. The second-order valence-corrected chi connectivity index (χ2v) is 7.49. The normalized spacial score (nSPS) is 11.1. The van der Waals surface area contributed by atoms with Crippen LogP contribution in [0.3, 0.4) is 0 Å². The highest BCUT2D eigenvalue weighted by atomic mass is 35.5. The van der Waals surface area contributed by atoms with Gasteiger partial charge in [-0.25, -0.2) is 0 Å². The third-order valence-corrected chi connectivity index (χ3v) is 5.09. The standard InChI is InChI=1S/C22H18Cl3NO/c1-14-3-7-19(9-15(14)2)26-12-16-4-8-22(21(25)10-16)27-13-17-5-6-18(23)11-20(17)24/h3-12H,13H2,1-2H3. The van der Waals surface area contributed by atoms with Crippen molar-refractivity contribution in [2.24, 2.45) is 4.99 Å². The summed E-state index contributed by atoms with van der Waals surface area (Å²) in [5.41, 5.74) is 5.12. The maximum Gasteiger partial charge on any atom is 0.138 e. The number of benzene rings is 3. The van der Waals surface area contributed by atoms with Crippen LogP contribution in [-0.2, 0) is 6.61 Å². The third kappa shape index (κ3) is 5.26. The molecule has 0 bridgehead atoms. The van der Waals surface area contributed by atoms with Crippen molar-refractivity contribution < 1.29 is 4.74 Å². The fraction of sp³-hybridized carbons (Fsp3) is 0.136. The van der Waals surface area contributed by atoms with Crippen LogP contribution in [0.4, 0.5) is 5.69 Å². The van der Waals surface area contributed by atoms with E-state index in [9.17, 15) is 0 Å². The van der Waals surface area contributed by atoms with Crippen molar-refractivity contribution in [3.05, 3.63) is 91.9 Å². The first-order valence-corrected chi connectivity index (χ1v) is 9.53. The Labute approximate surface area is 174 Å². The lowest BCUT2D eigenvalue weighted by Gasteiger charge is -2.10. The van der Waals surface area contributed by atoms with Crippen LogP contribution < -0.4 is 4.74 Å². The van der Waals surface area contributed by atoms with Crippen molar-refractivity contribution in [2.45, 2.75) is 20.5 Å². The van der Waals surface area contributed by atoms with Gasteiger partial charge in [0.05, 0.1) is 10.7 Å². The zero-order chi connectivity index (χ0) is 19.4. The van der Waals surface area contributed by atoms with Gasteiger partial charge in [0.15, 0.2) is 0 Å². The molecule has 0 heterocycles. The van der Waals surface area contributed by atoms with Crippen LogP contribution in [0.5, 0.6) is 5.75 Å². The minimum atomic E-state index is 0.311. The number of rotatable bonds is 5. The summed E-state index contributed by atoms with van der Waals surface area (Å²) in [6.07, 6.45) is 1.79. The van der Waals surface area contributed by atoms with E-state index < -0.39 is 0 Å². The van der Waals surface area contributed by atoms with Crippen LogP contribution in [0.2, 0.25) is 15.1 Å². The van der Waals surface area contributed by atoms with Crippen LogP contribution in [0.25, 0.3) is 0 Å². The highest BCUT2D eigenvalue weighted by molar-refractivity contribution is 6.35. The topological polar surface area (TPSA) is 21.6 Å². The van der Waals surface area contributed by atoms with Crippen LogP contribution in [0.15, 0.2) is 59.6 Å². The number of hydrogen-bond donors (Lipinski definition) is 0. The van der Waals surface area contributed by atoms with E-state index in [1.807, 2.05) is 30.3 Å². The van der Waals surface area contributed by atoms with Gasteiger partial charge in [0.2, 0.25) is 0 Å². The van der Waals surface area contributed by atoms with E-state index >= 15 is 0 Å². The summed E-state index contributed by atoms with van der Waals surface area (Å²) in [6, 6.07) is 17.0. The Hall–Kier alpha value is -2.00. The molecule has 0 amide bonds. The number of aryl methyl sites for hydroxylation is 2. The van der Waals surface area contributed by atoms with E-state index in [1.54, 1.807) is 18.3 Å². The molecule has 3 aromatic rings. The zero-order valence-electron chi connectivity index (χ0n) is 15.0. The number of ether oxygens (including phenoxy) is 1. The van der Waals surface area contributed by atoms with Crippen molar-refractivity contribution in [2.75, 3.05) is 0 Å². The van der Waals surface area contributed by atoms with Gasteiger partial charge in [0, 0.05) is 21.8 Å². The molecule has 0 saturated carbocycles. The van der Waals surface area contributed by atoms with Crippen LogP contribution in [0, 0.1) is 13.8 Å². The first-order valence-electron chi connectivity index (χ1n) is 8.40. The molecule has 0 aliphatic carbocycles. The van der Waals surface area contributed by atoms with E-state index in [0.29, 0.717) is 27.4 Å². The van der Waals surface area contributed by atoms with Gasteiger partial charge in [-0.2, -0.15) is 0 Å². The van der Waals surface area contributed by atoms with Crippen molar-refractivity contribution in [3.63, 3.8) is 0 Å². The van der Waals surface area contributed by atoms with Crippen LogP contribution in [0.1, 0.15) is 22.3 Å². The van der Waals surface area contributed by atoms with Gasteiger partial charge in [-0.3, -0.25) is 4.99 Å². The average molecular weight is 419 g/mol. The predicted octanol–water partition coefficient (Wildman–Crippen LogP) is 7.59. The fourth-order valence-electron chi connectivity index (χ4n) is 2.46. The second-order valence-electron chi connectivity index (χ2n) is 6.24. The lowest BCUT2D eigenvalue weighted by atomic mass is 10.1. The molecule has 2 nitrogen and oxygen atoms in total. The molecule has 3 rings (SSSR count). The maximum absolute atomic E-state index is 6.35. The van der Waals surface area contributed by atoms with Gasteiger partial charge in [-0.05, 0) is 73.0 Å². The van der Waals surface area contributed by atoms with Gasteiger partial charge in [0.25, 0.3) is 0 Å².